The number of rotatable bonds is 6. The van der Waals surface area contributed by atoms with Crippen LogP contribution in [0.2, 0.25) is 0 Å². The molecule has 0 saturated heterocycles. The Hall–Kier alpha value is -6.26. The molecule has 0 spiro atoms. The van der Waals surface area contributed by atoms with Crippen molar-refractivity contribution >= 4 is 11.0 Å². The summed E-state index contributed by atoms with van der Waals surface area (Å²) in [6.07, 6.45) is 1.63. The zero-order chi connectivity index (χ0) is 47.1. The fourth-order valence-corrected chi connectivity index (χ4v) is 7.97. The molecule has 8 rings (SSSR count). The van der Waals surface area contributed by atoms with Crippen molar-refractivity contribution in [2.75, 3.05) is 0 Å². The van der Waals surface area contributed by atoms with E-state index in [0.717, 1.165) is 66.8 Å². The molecule has 0 bridgehead atoms. The summed E-state index contributed by atoms with van der Waals surface area (Å²) in [5.41, 5.74) is 13.8. The number of phenolic OH excluding ortho intramolecular Hbond substituents is 1. The van der Waals surface area contributed by atoms with Crippen LogP contribution >= 0.6 is 0 Å². The lowest BCUT2D eigenvalue weighted by Gasteiger charge is -2.27. The first-order chi connectivity index (χ1) is 30.4. The van der Waals surface area contributed by atoms with Gasteiger partial charge in [-0.3, -0.25) is 9.55 Å². The predicted octanol–water partition coefficient (Wildman–Crippen LogP) is 15.0. The number of benzene rings is 6. The first kappa shape index (κ1) is 34.6. The number of aromatic hydroxyl groups is 1. The monoisotopic (exact) mass is 792 g/mol. The van der Waals surface area contributed by atoms with Gasteiger partial charge >= 0.3 is 0 Å². The molecule has 8 aromatic rings. The van der Waals surface area contributed by atoms with Gasteiger partial charge < -0.3 is 5.11 Å². The molecular weight excluding hydrogens is 731 g/mol. The Kier molecular flexibility index (Phi) is 8.70. The maximum Gasteiger partial charge on any atom is 0.149 e. The Morgan fingerprint density at radius 2 is 1.25 bits per heavy atom. The smallest absolute Gasteiger partial charge is 0.149 e. The summed E-state index contributed by atoms with van der Waals surface area (Å²) in [4.78, 5) is 10.4. The summed E-state index contributed by atoms with van der Waals surface area (Å²) in [6.45, 7) is 23.8. The molecule has 0 unspecified atom stereocenters. The highest BCUT2D eigenvalue weighted by Crippen LogP contribution is 2.45. The van der Waals surface area contributed by atoms with Gasteiger partial charge in [0.25, 0.3) is 0 Å². The second kappa shape index (κ2) is 15.1. The second-order valence-electron chi connectivity index (χ2n) is 19.1. The molecule has 4 nitrogen and oxygen atoms in total. The lowest BCUT2D eigenvalue weighted by molar-refractivity contribution is 0.446. The van der Waals surface area contributed by atoms with Crippen molar-refractivity contribution in [3.63, 3.8) is 0 Å². The third kappa shape index (κ3) is 7.68. The largest absolute Gasteiger partial charge is 0.507 e. The van der Waals surface area contributed by atoms with Crippen LogP contribution in [0.15, 0.2) is 140 Å². The maximum absolute atomic E-state index is 12.4. The van der Waals surface area contributed by atoms with Gasteiger partial charge in [0.2, 0.25) is 0 Å². The van der Waals surface area contributed by atoms with E-state index >= 15 is 0 Å². The van der Waals surface area contributed by atoms with E-state index in [1.54, 1.807) is 18.3 Å². The molecule has 4 heteroatoms. The van der Waals surface area contributed by atoms with Crippen molar-refractivity contribution in [1.29, 1.82) is 0 Å². The third-order valence-corrected chi connectivity index (χ3v) is 11.7. The Bertz CT molecular complexity index is 3160. The third-order valence-electron chi connectivity index (χ3n) is 11.7. The minimum absolute atomic E-state index is 0.129. The van der Waals surface area contributed by atoms with Crippen molar-refractivity contribution in [3.8, 4) is 67.5 Å². The van der Waals surface area contributed by atoms with Gasteiger partial charge in [0, 0.05) is 28.6 Å². The van der Waals surface area contributed by atoms with Crippen LogP contribution in [0.3, 0.4) is 0 Å². The summed E-state index contributed by atoms with van der Waals surface area (Å²) >= 11 is 0. The average molecular weight is 793 g/mol. The first-order valence-electron chi connectivity index (χ1n) is 23.2. The maximum atomic E-state index is 12.4. The minimum atomic E-state index is -0.429. The van der Waals surface area contributed by atoms with Crippen LogP contribution in [-0.2, 0) is 16.2 Å². The first-order valence-corrected chi connectivity index (χ1v) is 20.7. The van der Waals surface area contributed by atoms with Crippen LogP contribution < -0.4 is 0 Å². The number of fused-ring (bicyclic) bond motifs is 1. The van der Waals surface area contributed by atoms with Crippen LogP contribution in [0.1, 0.15) is 97.0 Å². The van der Waals surface area contributed by atoms with Gasteiger partial charge in [-0.2, -0.15) is 0 Å². The van der Waals surface area contributed by atoms with Crippen LogP contribution in [0.5, 0.6) is 5.75 Å². The second-order valence-corrected chi connectivity index (χ2v) is 19.1. The fourth-order valence-electron chi connectivity index (χ4n) is 7.97. The molecule has 60 heavy (non-hydrogen) atoms. The summed E-state index contributed by atoms with van der Waals surface area (Å²) in [5, 5.41) is 12.4. The number of phenols is 1. The van der Waals surface area contributed by atoms with Crippen LogP contribution in [0, 0.1) is 13.8 Å². The average Bonchev–Trinajstić information content (AvgIpc) is 3.65. The van der Waals surface area contributed by atoms with Crippen molar-refractivity contribution < 1.29 is 12.0 Å². The van der Waals surface area contributed by atoms with E-state index < -0.39 is 6.04 Å². The molecule has 0 amide bonds. The number of aryl methyl sites for hydroxylation is 1. The van der Waals surface area contributed by atoms with Gasteiger partial charge in [-0.15, -0.1) is 0 Å². The van der Waals surface area contributed by atoms with Gasteiger partial charge in [-0.1, -0.05) is 147 Å². The summed E-state index contributed by atoms with van der Waals surface area (Å²) in [7, 11) is 0. The fraction of sp³-hybridized carbons (Fsp3) is 0.250. The van der Waals surface area contributed by atoms with Crippen molar-refractivity contribution in [3.05, 3.63) is 167 Å². The van der Waals surface area contributed by atoms with E-state index in [4.69, 9.17) is 16.8 Å². The molecule has 0 aliphatic rings. The lowest BCUT2D eigenvalue weighted by atomic mass is 9.79. The molecule has 0 aliphatic heterocycles. The number of hydrogen-bond donors (Lipinski definition) is 1. The molecule has 0 radical (unpaired) electrons. The topological polar surface area (TPSA) is 50.9 Å². The highest BCUT2D eigenvalue weighted by Gasteiger charge is 2.29. The van der Waals surface area contributed by atoms with Gasteiger partial charge in [-0.05, 0) is 129 Å². The SMILES string of the molecule is [2H]c1c([2H])c([2H])c(-c2ccnc(-c3cc(-c4cccc5c4nc(-c4cc(C(C)(C)C)cc(C(C)(C)C)c4O)n5-c4cc(C)c(C)c(-c5ccccc5)c4)cc(C(C)(C)C)c3)c2)c([2H])c1[2H]. The molecule has 1 N–H and O–H groups in total. The van der Waals surface area contributed by atoms with Gasteiger partial charge in [-0.25, -0.2) is 4.98 Å². The molecule has 302 valence electrons. The molecular formula is C56H57N3O. The number of pyridine rings is 1. The zero-order valence-corrected chi connectivity index (χ0v) is 36.7. The van der Waals surface area contributed by atoms with Crippen molar-refractivity contribution in [1.82, 2.24) is 14.5 Å². The van der Waals surface area contributed by atoms with Gasteiger partial charge in [0.1, 0.15) is 11.6 Å². The van der Waals surface area contributed by atoms with E-state index in [-0.39, 0.29) is 51.7 Å². The minimum Gasteiger partial charge on any atom is -0.507 e. The summed E-state index contributed by atoms with van der Waals surface area (Å²) < 4.78 is 44.4. The predicted molar refractivity (Wildman–Crippen MR) is 253 cm³/mol. The summed E-state index contributed by atoms with van der Waals surface area (Å²) in [6, 6.07) is 33.6. The molecule has 6 aromatic carbocycles. The number of imidazole rings is 1. The number of para-hydroxylation sites is 1. The van der Waals surface area contributed by atoms with Crippen molar-refractivity contribution in [2.45, 2.75) is 92.4 Å². The van der Waals surface area contributed by atoms with E-state index in [1.807, 2.05) is 6.07 Å². The molecule has 0 saturated carbocycles. The van der Waals surface area contributed by atoms with E-state index in [9.17, 15) is 5.11 Å². The standard InChI is InChI=1S/C56H57N3O/c1-35-27-44(34-46(36(35)2)38-21-16-13-17-22-38)59-50-24-18-23-45(51(50)58-53(59)47-32-43(55(6,7)8)33-48(52(47)60)56(9,10)11)40-28-41(30-42(29-40)54(3,4)5)49-31-39(25-26-57-49)37-19-14-12-15-20-37/h12-34,60H,1-11H3/i12D,14D,15D,19D,20D. The van der Waals surface area contributed by atoms with Gasteiger partial charge in [0.15, 0.2) is 0 Å². The number of nitrogens with zero attached hydrogens (tertiary/aromatic N) is 3. The van der Waals surface area contributed by atoms with E-state index in [2.05, 4.69) is 166 Å². The van der Waals surface area contributed by atoms with Crippen LogP contribution in [0.4, 0.5) is 0 Å². The van der Waals surface area contributed by atoms with E-state index in [0.29, 0.717) is 22.6 Å². The zero-order valence-electron chi connectivity index (χ0n) is 41.7. The Morgan fingerprint density at radius 1 is 0.567 bits per heavy atom. The highest BCUT2D eigenvalue weighted by atomic mass is 16.3. The molecule has 2 aromatic heterocycles. The molecule has 0 atom stereocenters. The molecule has 2 heterocycles. The van der Waals surface area contributed by atoms with Gasteiger partial charge in [0.05, 0.1) is 29.1 Å². The van der Waals surface area contributed by atoms with Crippen LogP contribution in [-0.4, -0.2) is 19.6 Å². The lowest BCUT2D eigenvalue weighted by Crippen LogP contribution is -2.17. The Morgan fingerprint density at radius 3 is 1.93 bits per heavy atom. The van der Waals surface area contributed by atoms with E-state index in [1.165, 1.54) is 5.56 Å². The quantitative estimate of drug-likeness (QED) is 0.182. The van der Waals surface area contributed by atoms with Crippen LogP contribution in [0.25, 0.3) is 72.7 Å². The Labute approximate surface area is 363 Å². The molecule has 0 fully saturated rings. The normalized spacial score (nSPS) is 13.5. The Balaban J connectivity index is 1.43. The number of hydrogen-bond acceptors (Lipinski definition) is 3. The number of aromatic nitrogens is 3. The van der Waals surface area contributed by atoms with Crippen molar-refractivity contribution in [2.24, 2.45) is 0 Å². The highest BCUT2D eigenvalue weighted by molar-refractivity contribution is 5.97. The summed E-state index contributed by atoms with van der Waals surface area (Å²) in [5.74, 6) is 0.835. The molecule has 0 aliphatic carbocycles.